The Morgan fingerprint density at radius 2 is 1.45 bits per heavy atom. The van der Waals surface area contributed by atoms with Crippen molar-refractivity contribution in [3.8, 4) is 17.2 Å². The van der Waals surface area contributed by atoms with Gasteiger partial charge in [-0.1, -0.05) is 30.3 Å². The molecule has 3 rings (SSSR count). The van der Waals surface area contributed by atoms with Crippen LogP contribution in [0.4, 0.5) is 0 Å². The van der Waals surface area contributed by atoms with E-state index in [2.05, 4.69) is 10.9 Å². The molecule has 0 bridgehead atoms. The largest absolute Gasteiger partial charge is 0.497 e. The van der Waals surface area contributed by atoms with E-state index in [1.54, 1.807) is 31.2 Å². The van der Waals surface area contributed by atoms with Crippen molar-refractivity contribution in [2.75, 3.05) is 14.2 Å². The van der Waals surface area contributed by atoms with E-state index in [0.29, 0.717) is 17.2 Å². The second-order valence-electron chi connectivity index (χ2n) is 6.31. The first-order valence-corrected chi connectivity index (χ1v) is 8.99. The molecule has 0 saturated heterocycles. The van der Waals surface area contributed by atoms with Gasteiger partial charge in [0, 0.05) is 11.6 Å². The average Bonchev–Trinajstić information content (AvgIpc) is 2.76. The van der Waals surface area contributed by atoms with Crippen molar-refractivity contribution in [3.63, 3.8) is 0 Å². The molecule has 0 radical (unpaired) electrons. The Balaban J connectivity index is 1.60. The maximum atomic E-state index is 12.3. The Morgan fingerprint density at radius 1 is 0.793 bits per heavy atom. The summed E-state index contributed by atoms with van der Waals surface area (Å²) >= 11 is 0. The van der Waals surface area contributed by atoms with Gasteiger partial charge in [-0.2, -0.15) is 0 Å². The van der Waals surface area contributed by atoms with Gasteiger partial charge in [0.2, 0.25) is 0 Å². The molecule has 0 aliphatic carbocycles. The van der Waals surface area contributed by atoms with E-state index in [-0.39, 0.29) is 5.56 Å². The summed E-state index contributed by atoms with van der Waals surface area (Å²) < 4.78 is 16.0. The van der Waals surface area contributed by atoms with Crippen LogP contribution in [0.3, 0.4) is 0 Å². The van der Waals surface area contributed by atoms with Crippen LogP contribution < -0.4 is 25.1 Å². The van der Waals surface area contributed by atoms with Crippen molar-refractivity contribution in [2.24, 2.45) is 0 Å². The molecular weight excluding hydrogens is 372 g/mol. The number of hydrazine groups is 1. The van der Waals surface area contributed by atoms with Gasteiger partial charge in [-0.25, -0.2) is 0 Å². The second-order valence-corrected chi connectivity index (χ2v) is 6.31. The van der Waals surface area contributed by atoms with Crippen molar-refractivity contribution in [2.45, 2.75) is 13.0 Å². The number of nitrogens with one attached hydrogen (secondary N) is 2. The predicted molar refractivity (Wildman–Crippen MR) is 109 cm³/mol. The lowest BCUT2D eigenvalue weighted by Crippen LogP contribution is -2.47. The highest BCUT2D eigenvalue weighted by atomic mass is 16.5. The lowest BCUT2D eigenvalue weighted by atomic mass is 10.1. The number of methoxy groups -OCH3 is 2. The molecule has 0 spiro atoms. The third-order valence-electron chi connectivity index (χ3n) is 4.32. The van der Waals surface area contributed by atoms with Crippen LogP contribution in [-0.2, 0) is 4.79 Å². The molecule has 3 aromatic carbocycles. The number of hydrogen-bond donors (Lipinski definition) is 2. The Bertz CT molecular complexity index is 1010. The predicted octanol–water partition coefficient (Wildman–Crippen LogP) is 3.09. The smallest absolute Gasteiger partial charge is 0.279 e. The van der Waals surface area contributed by atoms with Crippen molar-refractivity contribution in [1.29, 1.82) is 0 Å². The van der Waals surface area contributed by atoms with E-state index >= 15 is 0 Å². The fraction of sp³-hybridized carbons (Fsp3) is 0.182. The fourth-order valence-corrected chi connectivity index (χ4v) is 2.73. The summed E-state index contributed by atoms with van der Waals surface area (Å²) in [5.41, 5.74) is 5.02. The molecule has 7 nitrogen and oxygen atoms in total. The highest BCUT2D eigenvalue weighted by Crippen LogP contribution is 2.23. The molecule has 0 aliphatic rings. The monoisotopic (exact) mass is 394 g/mol. The number of carbonyl (C=O) groups excluding carboxylic acids is 2. The van der Waals surface area contributed by atoms with Crippen LogP contribution >= 0.6 is 0 Å². The van der Waals surface area contributed by atoms with Crippen molar-refractivity contribution in [3.05, 3.63) is 66.2 Å². The van der Waals surface area contributed by atoms with Gasteiger partial charge in [0.15, 0.2) is 6.10 Å². The Kier molecular flexibility index (Phi) is 6.19. The van der Waals surface area contributed by atoms with E-state index in [1.165, 1.54) is 14.2 Å². The molecule has 0 aromatic heterocycles. The summed E-state index contributed by atoms with van der Waals surface area (Å²) in [7, 11) is 2.98. The van der Waals surface area contributed by atoms with E-state index < -0.39 is 17.9 Å². The van der Waals surface area contributed by atoms with E-state index in [1.807, 2.05) is 36.4 Å². The topological polar surface area (TPSA) is 85.9 Å². The molecule has 1 atom stereocenters. The number of fused-ring (bicyclic) bond motifs is 1. The lowest BCUT2D eigenvalue weighted by Gasteiger charge is -2.16. The van der Waals surface area contributed by atoms with Crippen LogP contribution in [0.25, 0.3) is 10.8 Å². The summed E-state index contributed by atoms with van der Waals surface area (Å²) in [5, 5.41) is 2.09. The third kappa shape index (κ3) is 4.95. The van der Waals surface area contributed by atoms with E-state index in [9.17, 15) is 9.59 Å². The first-order valence-electron chi connectivity index (χ1n) is 8.99. The zero-order valence-electron chi connectivity index (χ0n) is 16.4. The quantitative estimate of drug-likeness (QED) is 0.628. The number of ether oxygens (including phenoxy) is 3. The maximum Gasteiger partial charge on any atom is 0.279 e. The van der Waals surface area contributed by atoms with Crippen LogP contribution in [0.15, 0.2) is 60.7 Å². The highest BCUT2D eigenvalue weighted by Gasteiger charge is 2.17. The van der Waals surface area contributed by atoms with Crippen LogP contribution in [0.5, 0.6) is 17.2 Å². The SMILES string of the molecule is COc1cc(OC)cc(C(=O)NNC(=O)[C@H](C)Oc2ccc3ccccc3c2)c1. The standard InChI is InChI=1S/C22H22N2O5/c1-14(29-18-9-8-15-6-4-5-7-16(15)10-18)21(25)23-24-22(26)17-11-19(27-2)13-20(12-17)28-3/h4-14H,1-3H3,(H,23,25)(H,24,26)/t14-/m0/s1. The van der Waals surface area contributed by atoms with Gasteiger partial charge in [-0.15, -0.1) is 0 Å². The zero-order chi connectivity index (χ0) is 20.8. The summed E-state index contributed by atoms with van der Waals surface area (Å²) in [6.45, 7) is 1.60. The van der Waals surface area contributed by atoms with E-state index in [0.717, 1.165) is 10.8 Å². The van der Waals surface area contributed by atoms with Gasteiger partial charge in [0.25, 0.3) is 11.8 Å². The highest BCUT2D eigenvalue weighted by molar-refractivity contribution is 5.96. The van der Waals surface area contributed by atoms with Crippen LogP contribution in [-0.4, -0.2) is 32.1 Å². The Hall–Kier alpha value is -3.74. The molecule has 2 N–H and O–H groups in total. The molecule has 150 valence electrons. The fourth-order valence-electron chi connectivity index (χ4n) is 2.73. The molecule has 29 heavy (non-hydrogen) atoms. The van der Waals surface area contributed by atoms with Crippen molar-refractivity contribution < 1.29 is 23.8 Å². The van der Waals surface area contributed by atoms with Gasteiger partial charge >= 0.3 is 0 Å². The van der Waals surface area contributed by atoms with Gasteiger partial charge < -0.3 is 14.2 Å². The molecule has 0 heterocycles. The molecule has 0 unspecified atom stereocenters. The maximum absolute atomic E-state index is 12.3. The minimum absolute atomic E-state index is 0.282. The molecule has 2 amide bonds. The van der Waals surface area contributed by atoms with Gasteiger partial charge in [0.1, 0.15) is 17.2 Å². The first kappa shape index (κ1) is 20.0. The van der Waals surface area contributed by atoms with Crippen molar-refractivity contribution in [1.82, 2.24) is 10.9 Å². The van der Waals surface area contributed by atoms with E-state index in [4.69, 9.17) is 14.2 Å². The first-order chi connectivity index (χ1) is 14.0. The number of amides is 2. The number of hydrogen-bond acceptors (Lipinski definition) is 5. The van der Waals surface area contributed by atoms with Crippen LogP contribution in [0, 0.1) is 0 Å². The van der Waals surface area contributed by atoms with Crippen LogP contribution in [0.1, 0.15) is 17.3 Å². The molecule has 3 aromatic rings. The zero-order valence-corrected chi connectivity index (χ0v) is 16.4. The summed E-state index contributed by atoms with van der Waals surface area (Å²) in [5.74, 6) is 0.507. The molecular formula is C22H22N2O5. The van der Waals surface area contributed by atoms with Gasteiger partial charge in [-0.3, -0.25) is 20.4 Å². The Labute approximate surface area is 168 Å². The minimum atomic E-state index is -0.809. The number of carbonyl (C=O) groups is 2. The summed E-state index contributed by atoms with van der Waals surface area (Å²) in [6.07, 6.45) is -0.809. The lowest BCUT2D eigenvalue weighted by molar-refractivity contribution is -0.128. The third-order valence-corrected chi connectivity index (χ3v) is 4.32. The average molecular weight is 394 g/mol. The molecule has 7 heteroatoms. The normalized spacial score (nSPS) is 11.4. The number of benzene rings is 3. The molecule has 0 saturated carbocycles. The summed E-state index contributed by atoms with van der Waals surface area (Å²) in [6, 6.07) is 18.2. The van der Waals surface area contributed by atoms with Gasteiger partial charge in [0.05, 0.1) is 14.2 Å². The summed E-state index contributed by atoms with van der Waals surface area (Å²) in [4.78, 5) is 24.6. The molecule has 0 fully saturated rings. The molecule has 0 aliphatic heterocycles. The number of rotatable bonds is 6. The second kappa shape index (κ2) is 8.97. The van der Waals surface area contributed by atoms with Gasteiger partial charge in [-0.05, 0) is 42.0 Å². The van der Waals surface area contributed by atoms with Crippen LogP contribution in [0.2, 0.25) is 0 Å². The minimum Gasteiger partial charge on any atom is -0.497 e. The van der Waals surface area contributed by atoms with Crippen molar-refractivity contribution >= 4 is 22.6 Å². The Morgan fingerprint density at radius 3 is 2.10 bits per heavy atom.